The molecule has 4 saturated heterocycles. The van der Waals surface area contributed by atoms with Gasteiger partial charge in [0.15, 0.2) is 0 Å². The summed E-state index contributed by atoms with van der Waals surface area (Å²) in [6, 6.07) is 4.00. The number of nitrogens with zero attached hydrogens (tertiary/aromatic N) is 3. The number of rotatable bonds is 1. The van der Waals surface area contributed by atoms with Gasteiger partial charge in [-0.05, 0) is 56.8 Å². The molecule has 3 nitrogen and oxygen atoms in total. The van der Waals surface area contributed by atoms with Gasteiger partial charge in [-0.3, -0.25) is 4.90 Å². The molecule has 1 aromatic heterocycles. The summed E-state index contributed by atoms with van der Waals surface area (Å²) in [6.07, 6.45) is 7.48. The topological polar surface area (TPSA) is 19.4 Å². The van der Waals surface area contributed by atoms with E-state index in [9.17, 15) is 0 Å². The summed E-state index contributed by atoms with van der Waals surface area (Å²) in [5.41, 5.74) is 1.68. The van der Waals surface area contributed by atoms with Crippen LogP contribution in [0.1, 0.15) is 25.7 Å². The van der Waals surface area contributed by atoms with Gasteiger partial charge in [0, 0.05) is 18.6 Å². The Labute approximate surface area is 119 Å². The third-order valence-electron chi connectivity index (χ3n) is 5.36. The Hall–Kier alpha value is -0.800. The lowest BCUT2D eigenvalue weighted by molar-refractivity contribution is -0.0157. The lowest BCUT2D eigenvalue weighted by Crippen LogP contribution is -2.59. The number of piperidine rings is 3. The maximum atomic E-state index is 5.87. The van der Waals surface area contributed by atoms with E-state index in [2.05, 4.69) is 20.9 Å². The van der Waals surface area contributed by atoms with Gasteiger partial charge in [0.05, 0.1) is 11.9 Å². The summed E-state index contributed by atoms with van der Waals surface area (Å²) in [7, 11) is 0. The number of hydrogen-bond acceptors (Lipinski definition) is 3. The molecule has 2 bridgehead atoms. The summed E-state index contributed by atoms with van der Waals surface area (Å²) in [6.45, 7) is 4.97. The first kappa shape index (κ1) is 12.0. The third kappa shape index (κ3) is 1.95. The average molecular weight is 278 g/mol. The minimum absolute atomic E-state index is 0.459. The quantitative estimate of drug-likeness (QED) is 0.736. The normalized spacial score (nSPS) is 37.2. The first-order valence-corrected chi connectivity index (χ1v) is 7.75. The van der Waals surface area contributed by atoms with Crippen molar-refractivity contribution < 1.29 is 0 Å². The van der Waals surface area contributed by atoms with Crippen LogP contribution >= 0.6 is 11.6 Å². The van der Waals surface area contributed by atoms with Gasteiger partial charge in [0.1, 0.15) is 5.15 Å². The van der Waals surface area contributed by atoms with Crippen LogP contribution in [0.5, 0.6) is 0 Å². The van der Waals surface area contributed by atoms with E-state index in [-0.39, 0.29) is 0 Å². The number of halogens is 1. The molecule has 102 valence electrons. The van der Waals surface area contributed by atoms with Crippen LogP contribution < -0.4 is 4.90 Å². The molecular formula is C15H20ClN3. The van der Waals surface area contributed by atoms with Crippen molar-refractivity contribution in [3.8, 4) is 0 Å². The molecule has 0 saturated carbocycles. The predicted octanol–water partition coefficient (Wildman–Crippen LogP) is 2.80. The fourth-order valence-corrected chi connectivity index (χ4v) is 4.45. The van der Waals surface area contributed by atoms with E-state index in [0.29, 0.717) is 10.7 Å². The van der Waals surface area contributed by atoms with Crippen LogP contribution in [0.3, 0.4) is 0 Å². The molecule has 4 aliphatic heterocycles. The molecule has 0 amide bonds. The molecule has 5 rings (SSSR count). The molecule has 1 unspecified atom stereocenters. The number of pyridine rings is 1. The summed E-state index contributed by atoms with van der Waals surface area (Å²) in [5.74, 6) is 0.980. The van der Waals surface area contributed by atoms with Crippen molar-refractivity contribution >= 4 is 17.3 Å². The van der Waals surface area contributed by atoms with E-state index >= 15 is 0 Å². The zero-order chi connectivity index (χ0) is 12.9. The van der Waals surface area contributed by atoms with Crippen LogP contribution in [-0.4, -0.2) is 41.6 Å². The van der Waals surface area contributed by atoms with Gasteiger partial charge in [-0.2, -0.15) is 0 Å². The molecule has 0 radical (unpaired) electrons. The highest BCUT2D eigenvalue weighted by Crippen LogP contribution is 2.44. The SMILES string of the molecule is Clc1ccc(N2CCC3(CC4CCN3CC4)C2)cn1. The van der Waals surface area contributed by atoms with E-state index in [1.54, 1.807) is 0 Å². The molecule has 5 heterocycles. The Bertz CT molecular complexity index is 467. The van der Waals surface area contributed by atoms with Gasteiger partial charge in [0.2, 0.25) is 0 Å². The van der Waals surface area contributed by atoms with Crippen molar-refractivity contribution in [1.82, 2.24) is 9.88 Å². The fraction of sp³-hybridized carbons (Fsp3) is 0.667. The average Bonchev–Trinajstić information content (AvgIpc) is 2.85. The highest BCUT2D eigenvalue weighted by molar-refractivity contribution is 6.29. The van der Waals surface area contributed by atoms with Gasteiger partial charge in [-0.1, -0.05) is 11.6 Å². The van der Waals surface area contributed by atoms with Crippen LogP contribution in [-0.2, 0) is 0 Å². The zero-order valence-corrected chi connectivity index (χ0v) is 11.9. The molecular weight excluding hydrogens is 258 g/mol. The maximum Gasteiger partial charge on any atom is 0.129 e. The highest BCUT2D eigenvalue weighted by Gasteiger charge is 2.49. The molecule has 0 N–H and O–H groups in total. The molecule has 1 spiro atoms. The first-order valence-electron chi connectivity index (χ1n) is 7.37. The summed E-state index contributed by atoms with van der Waals surface area (Å²) < 4.78 is 0. The second-order valence-electron chi connectivity index (χ2n) is 6.37. The molecule has 4 heteroatoms. The van der Waals surface area contributed by atoms with Crippen LogP contribution in [0.25, 0.3) is 0 Å². The minimum Gasteiger partial charge on any atom is -0.368 e. The van der Waals surface area contributed by atoms with E-state index < -0.39 is 0 Å². The molecule has 4 aliphatic rings. The largest absolute Gasteiger partial charge is 0.368 e. The van der Waals surface area contributed by atoms with Crippen molar-refractivity contribution in [3.63, 3.8) is 0 Å². The van der Waals surface area contributed by atoms with Crippen molar-refractivity contribution in [2.45, 2.75) is 31.2 Å². The van der Waals surface area contributed by atoms with E-state index in [4.69, 9.17) is 11.6 Å². The molecule has 0 aliphatic carbocycles. The second kappa shape index (κ2) is 4.35. The summed E-state index contributed by atoms with van der Waals surface area (Å²) >= 11 is 5.87. The van der Waals surface area contributed by atoms with Gasteiger partial charge >= 0.3 is 0 Å². The van der Waals surface area contributed by atoms with Gasteiger partial charge < -0.3 is 4.90 Å². The van der Waals surface area contributed by atoms with Crippen LogP contribution in [0.4, 0.5) is 5.69 Å². The molecule has 1 atom stereocenters. The Morgan fingerprint density at radius 2 is 2.05 bits per heavy atom. The molecule has 19 heavy (non-hydrogen) atoms. The van der Waals surface area contributed by atoms with Crippen molar-refractivity contribution in [2.75, 3.05) is 31.1 Å². The lowest BCUT2D eigenvalue weighted by Gasteiger charge is -2.52. The fourth-order valence-electron chi connectivity index (χ4n) is 4.33. The Kier molecular flexibility index (Phi) is 2.75. The van der Waals surface area contributed by atoms with Gasteiger partial charge in [0.25, 0.3) is 0 Å². The third-order valence-corrected chi connectivity index (χ3v) is 5.59. The van der Waals surface area contributed by atoms with Crippen molar-refractivity contribution in [2.24, 2.45) is 5.92 Å². The standard InChI is InChI=1S/C15H20ClN3/c16-14-2-1-13(10-17-14)18-8-5-15(11-18)9-12-3-6-19(15)7-4-12/h1-2,10,12H,3-9,11H2. The Balaban J connectivity index is 1.55. The van der Waals surface area contributed by atoms with Crippen LogP contribution in [0, 0.1) is 5.92 Å². The molecule has 1 aromatic rings. The summed E-state index contributed by atoms with van der Waals surface area (Å²) in [4.78, 5) is 9.47. The number of aromatic nitrogens is 1. The van der Waals surface area contributed by atoms with E-state index in [0.717, 1.165) is 12.5 Å². The van der Waals surface area contributed by atoms with E-state index in [1.165, 1.54) is 51.0 Å². The highest BCUT2D eigenvalue weighted by atomic mass is 35.5. The molecule has 0 aromatic carbocycles. The minimum atomic E-state index is 0.459. The van der Waals surface area contributed by atoms with Crippen molar-refractivity contribution in [1.29, 1.82) is 0 Å². The maximum absolute atomic E-state index is 5.87. The van der Waals surface area contributed by atoms with Gasteiger partial charge in [-0.25, -0.2) is 4.98 Å². The van der Waals surface area contributed by atoms with Crippen LogP contribution in [0.15, 0.2) is 18.3 Å². The van der Waals surface area contributed by atoms with Gasteiger partial charge in [-0.15, -0.1) is 0 Å². The monoisotopic (exact) mass is 277 g/mol. The summed E-state index contributed by atoms with van der Waals surface area (Å²) in [5, 5.41) is 0.582. The number of hydrogen-bond donors (Lipinski definition) is 0. The molecule has 4 fully saturated rings. The van der Waals surface area contributed by atoms with Crippen LogP contribution in [0.2, 0.25) is 5.15 Å². The second-order valence-corrected chi connectivity index (χ2v) is 6.76. The number of fused-ring (bicyclic) bond motifs is 2. The smallest absolute Gasteiger partial charge is 0.129 e. The predicted molar refractivity (Wildman–Crippen MR) is 77.7 cm³/mol. The lowest BCUT2D eigenvalue weighted by atomic mass is 9.74. The Morgan fingerprint density at radius 3 is 2.68 bits per heavy atom. The zero-order valence-electron chi connectivity index (χ0n) is 11.2. The Morgan fingerprint density at radius 1 is 1.21 bits per heavy atom. The van der Waals surface area contributed by atoms with E-state index in [1.807, 2.05) is 12.3 Å². The van der Waals surface area contributed by atoms with Crippen molar-refractivity contribution in [3.05, 3.63) is 23.5 Å². The number of anilines is 1. The first-order chi connectivity index (χ1) is 9.25.